The third kappa shape index (κ3) is 3.29. The maximum Gasteiger partial charge on any atom is 0.408 e. The molecule has 1 aromatic heterocycles. The second-order valence-electron chi connectivity index (χ2n) is 10.0. The van der Waals surface area contributed by atoms with Gasteiger partial charge in [-0.15, -0.1) is 0 Å². The lowest BCUT2D eigenvalue weighted by atomic mass is 9.47. The van der Waals surface area contributed by atoms with Gasteiger partial charge in [0, 0.05) is 23.4 Å². The van der Waals surface area contributed by atoms with Crippen molar-refractivity contribution in [2.75, 3.05) is 6.54 Å². The molecule has 1 atom stereocenters. The quantitative estimate of drug-likeness (QED) is 0.752. The van der Waals surface area contributed by atoms with Gasteiger partial charge >= 0.3 is 6.18 Å². The van der Waals surface area contributed by atoms with Gasteiger partial charge < -0.3 is 10.0 Å². The fraction of sp³-hybridized carbons (Fsp3) is 0.636. The molecule has 5 nitrogen and oxygen atoms in total. The highest BCUT2D eigenvalue weighted by molar-refractivity contribution is 5.79. The van der Waals surface area contributed by atoms with E-state index in [1.54, 1.807) is 0 Å². The first-order valence-electron chi connectivity index (χ1n) is 10.5. The number of likely N-dealkylation sites (tertiary alicyclic amines) is 1. The molecule has 8 heteroatoms. The summed E-state index contributed by atoms with van der Waals surface area (Å²) in [6.45, 7) is 1.55. The summed E-state index contributed by atoms with van der Waals surface area (Å²) in [5, 5.41) is 14.7. The summed E-state index contributed by atoms with van der Waals surface area (Å²) < 4.78 is 39.4. The van der Waals surface area contributed by atoms with Crippen LogP contribution in [0.5, 0.6) is 0 Å². The topological polar surface area (TPSA) is 58.4 Å². The highest BCUT2D eigenvalue weighted by Crippen LogP contribution is 2.61. The number of halogens is 3. The molecule has 1 amide bonds. The smallest absolute Gasteiger partial charge is 0.390 e. The zero-order chi connectivity index (χ0) is 21.3. The third-order valence-electron chi connectivity index (χ3n) is 7.42. The van der Waals surface area contributed by atoms with Crippen LogP contribution >= 0.6 is 0 Å². The zero-order valence-electron chi connectivity index (χ0n) is 16.9. The Morgan fingerprint density at radius 3 is 2.63 bits per heavy atom. The second kappa shape index (κ2) is 6.45. The summed E-state index contributed by atoms with van der Waals surface area (Å²) in [4.78, 5) is 13.3. The third-order valence-corrected chi connectivity index (χ3v) is 7.42. The molecule has 1 aromatic carbocycles. The Morgan fingerprint density at radius 1 is 1.27 bits per heavy atom. The van der Waals surface area contributed by atoms with Crippen LogP contribution in [0.3, 0.4) is 0 Å². The summed E-state index contributed by atoms with van der Waals surface area (Å²) in [5.41, 5.74) is 1.10. The molecule has 162 valence electrons. The number of rotatable bonds is 5. The molecule has 1 saturated heterocycles. The molecule has 2 saturated carbocycles. The monoisotopic (exact) mass is 421 g/mol. The van der Waals surface area contributed by atoms with Crippen molar-refractivity contribution in [3.63, 3.8) is 0 Å². The number of hydrogen-bond acceptors (Lipinski definition) is 3. The molecule has 1 spiro atoms. The standard InChI is InChI=1S/C22H26F3N3O2/c1-20(30)8-17(9-20)19-21(11-27(19)13-29)6-15(7-21)4-14-2-3-16-10-26-28(18(16)5-14)12-22(23,24)25/h2-3,5,10,13,15,17,19,30H,4,6-9,11-12H2,1H3. The summed E-state index contributed by atoms with van der Waals surface area (Å²) in [5.74, 6) is 0.839. The van der Waals surface area contributed by atoms with Crippen LogP contribution in [0.4, 0.5) is 13.2 Å². The molecule has 30 heavy (non-hydrogen) atoms. The summed E-state index contributed by atoms with van der Waals surface area (Å²) in [7, 11) is 0. The van der Waals surface area contributed by atoms with Crippen molar-refractivity contribution in [2.24, 2.45) is 17.3 Å². The van der Waals surface area contributed by atoms with E-state index in [1.807, 2.05) is 30.0 Å². The van der Waals surface area contributed by atoms with E-state index in [0.29, 0.717) is 22.7 Å². The lowest BCUT2D eigenvalue weighted by Gasteiger charge is -2.68. The number of fused-ring (bicyclic) bond motifs is 1. The van der Waals surface area contributed by atoms with Gasteiger partial charge in [0.05, 0.1) is 17.3 Å². The van der Waals surface area contributed by atoms with Gasteiger partial charge in [0.2, 0.25) is 6.41 Å². The van der Waals surface area contributed by atoms with Crippen LogP contribution in [-0.4, -0.2) is 50.6 Å². The Labute approximate surface area is 172 Å². The van der Waals surface area contributed by atoms with Crippen molar-refractivity contribution < 1.29 is 23.1 Å². The van der Waals surface area contributed by atoms with Crippen LogP contribution < -0.4 is 0 Å². The molecule has 0 radical (unpaired) electrons. The molecular formula is C22H26F3N3O2. The van der Waals surface area contributed by atoms with Crippen LogP contribution in [0.2, 0.25) is 0 Å². The van der Waals surface area contributed by atoms with Crippen molar-refractivity contribution in [2.45, 2.75) is 63.4 Å². The second-order valence-corrected chi connectivity index (χ2v) is 10.0. The lowest BCUT2D eigenvalue weighted by Crippen LogP contribution is -2.73. The van der Waals surface area contributed by atoms with Gasteiger partial charge in [0.25, 0.3) is 0 Å². The van der Waals surface area contributed by atoms with E-state index in [0.717, 1.165) is 55.3 Å². The fourth-order valence-corrected chi connectivity index (χ4v) is 6.44. The molecule has 1 N–H and O–H groups in total. The average molecular weight is 421 g/mol. The average Bonchev–Trinajstić information content (AvgIpc) is 2.95. The Morgan fingerprint density at radius 2 is 2.00 bits per heavy atom. The Hall–Kier alpha value is -2.09. The minimum atomic E-state index is -4.30. The Bertz CT molecular complexity index is 970. The minimum absolute atomic E-state index is 0.162. The molecule has 5 rings (SSSR count). The maximum absolute atomic E-state index is 12.8. The summed E-state index contributed by atoms with van der Waals surface area (Å²) in [6, 6.07) is 5.88. The van der Waals surface area contributed by atoms with Crippen molar-refractivity contribution in [1.82, 2.24) is 14.7 Å². The predicted octanol–water partition coefficient (Wildman–Crippen LogP) is 3.54. The van der Waals surface area contributed by atoms with Gasteiger partial charge in [0.15, 0.2) is 0 Å². The SMILES string of the molecule is CC1(O)CC(C2N(C=O)CC23CC(Cc2ccc4cnn(CC(F)(F)F)c4c2)C3)C1. The van der Waals surface area contributed by atoms with Crippen molar-refractivity contribution >= 4 is 17.3 Å². The lowest BCUT2D eigenvalue weighted by molar-refractivity contribution is -0.205. The van der Waals surface area contributed by atoms with Crippen LogP contribution in [0.15, 0.2) is 24.4 Å². The summed E-state index contributed by atoms with van der Waals surface area (Å²) >= 11 is 0. The van der Waals surface area contributed by atoms with E-state index in [4.69, 9.17) is 0 Å². The first-order valence-corrected chi connectivity index (χ1v) is 10.5. The van der Waals surface area contributed by atoms with Crippen molar-refractivity contribution in [3.05, 3.63) is 30.0 Å². The molecular weight excluding hydrogens is 395 g/mol. The number of carbonyl (C=O) groups is 1. The molecule has 0 bridgehead atoms. The van der Waals surface area contributed by atoms with E-state index in [2.05, 4.69) is 5.10 Å². The maximum atomic E-state index is 12.8. The van der Waals surface area contributed by atoms with E-state index < -0.39 is 18.3 Å². The molecule has 3 aliphatic rings. The number of carbonyl (C=O) groups excluding carboxylic acids is 1. The highest BCUT2D eigenvalue weighted by atomic mass is 19.4. The van der Waals surface area contributed by atoms with E-state index >= 15 is 0 Å². The van der Waals surface area contributed by atoms with Gasteiger partial charge in [-0.05, 0) is 62.5 Å². The number of alkyl halides is 3. The van der Waals surface area contributed by atoms with Gasteiger partial charge in [-0.2, -0.15) is 18.3 Å². The first-order chi connectivity index (χ1) is 14.1. The van der Waals surface area contributed by atoms with Gasteiger partial charge in [-0.1, -0.05) is 12.1 Å². The first kappa shape index (κ1) is 19.8. The Kier molecular flexibility index (Phi) is 4.27. The normalized spacial score (nSPS) is 35.8. The number of benzene rings is 1. The number of aromatic nitrogens is 2. The number of aliphatic hydroxyl groups is 1. The highest BCUT2D eigenvalue weighted by Gasteiger charge is 2.63. The molecule has 1 unspecified atom stereocenters. The van der Waals surface area contributed by atoms with E-state index in [-0.39, 0.29) is 11.5 Å². The molecule has 2 heterocycles. The molecule has 2 aromatic rings. The fourth-order valence-electron chi connectivity index (χ4n) is 6.44. The van der Waals surface area contributed by atoms with Crippen LogP contribution in [0.1, 0.15) is 38.2 Å². The van der Waals surface area contributed by atoms with Gasteiger partial charge in [-0.3, -0.25) is 9.48 Å². The number of hydrogen-bond donors (Lipinski definition) is 1. The molecule has 1 aliphatic heterocycles. The predicted molar refractivity (Wildman–Crippen MR) is 105 cm³/mol. The van der Waals surface area contributed by atoms with E-state index in [1.165, 1.54) is 6.20 Å². The van der Waals surface area contributed by atoms with Crippen LogP contribution in [-0.2, 0) is 17.8 Å². The van der Waals surface area contributed by atoms with Crippen molar-refractivity contribution in [3.8, 4) is 0 Å². The molecule has 3 fully saturated rings. The van der Waals surface area contributed by atoms with Crippen molar-refractivity contribution in [1.29, 1.82) is 0 Å². The Balaban J connectivity index is 1.25. The molecule has 2 aliphatic carbocycles. The minimum Gasteiger partial charge on any atom is -0.390 e. The number of nitrogens with zero attached hydrogens (tertiary/aromatic N) is 3. The zero-order valence-corrected chi connectivity index (χ0v) is 16.9. The van der Waals surface area contributed by atoms with Crippen LogP contribution in [0.25, 0.3) is 10.9 Å². The van der Waals surface area contributed by atoms with Crippen LogP contribution in [0, 0.1) is 17.3 Å². The number of amides is 1. The van der Waals surface area contributed by atoms with Gasteiger partial charge in [-0.25, -0.2) is 0 Å². The van der Waals surface area contributed by atoms with E-state index in [9.17, 15) is 23.1 Å². The van der Waals surface area contributed by atoms with Gasteiger partial charge in [0.1, 0.15) is 6.54 Å². The largest absolute Gasteiger partial charge is 0.408 e. The summed E-state index contributed by atoms with van der Waals surface area (Å²) in [6.07, 6.45) is 2.48.